The van der Waals surface area contributed by atoms with Crippen LogP contribution in [-0.4, -0.2) is 51.2 Å². The van der Waals surface area contributed by atoms with Gasteiger partial charge in [-0.05, 0) is 30.5 Å². The van der Waals surface area contributed by atoms with Gasteiger partial charge in [0.1, 0.15) is 6.33 Å². The van der Waals surface area contributed by atoms with E-state index in [0.29, 0.717) is 26.1 Å². The second-order valence-electron chi connectivity index (χ2n) is 6.95. The maximum atomic E-state index is 12.7. The number of fused-ring (bicyclic) bond motifs is 1. The number of hydrogen-bond donors (Lipinski definition) is 0. The number of hydrogen-bond acceptors (Lipinski definition) is 4. The molecule has 0 bridgehead atoms. The fourth-order valence-electron chi connectivity index (χ4n) is 3.87. The molecule has 2 amide bonds. The third-order valence-electron chi connectivity index (χ3n) is 5.29. The fourth-order valence-corrected chi connectivity index (χ4v) is 3.87. The molecular formula is C20H22N4O2. The molecule has 26 heavy (non-hydrogen) atoms. The first kappa shape index (κ1) is 16.7. The van der Waals surface area contributed by atoms with Crippen LogP contribution in [0.15, 0.2) is 42.9 Å². The van der Waals surface area contributed by atoms with Crippen molar-refractivity contribution in [3.8, 4) is 0 Å². The molecule has 3 heterocycles. The largest absolute Gasteiger partial charge is 0.342 e. The predicted octanol–water partition coefficient (Wildman–Crippen LogP) is 2.23. The van der Waals surface area contributed by atoms with Gasteiger partial charge in [-0.3, -0.25) is 9.59 Å². The van der Waals surface area contributed by atoms with Crippen LogP contribution in [0.2, 0.25) is 0 Å². The Hall–Kier alpha value is -2.76. The summed E-state index contributed by atoms with van der Waals surface area (Å²) in [6.07, 6.45) is 5.71. The number of rotatable bonds is 4. The highest BCUT2D eigenvalue weighted by atomic mass is 16.2. The van der Waals surface area contributed by atoms with Gasteiger partial charge >= 0.3 is 0 Å². The summed E-state index contributed by atoms with van der Waals surface area (Å²) in [5, 5.41) is 0. The van der Waals surface area contributed by atoms with Gasteiger partial charge in [0.25, 0.3) is 5.91 Å². The molecular weight excluding hydrogens is 328 g/mol. The Kier molecular flexibility index (Phi) is 4.65. The second kappa shape index (κ2) is 7.23. The number of carbonyl (C=O) groups excluding carboxylic acids is 2. The minimum absolute atomic E-state index is 0.0332. The van der Waals surface area contributed by atoms with Crippen LogP contribution in [0.3, 0.4) is 0 Å². The van der Waals surface area contributed by atoms with Crippen LogP contribution >= 0.6 is 0 Å². The highest BCUT2D eigenvalue weighted by Crippen LogP contribution is 2.26. The van der Waals surface area contributed by atoms with Gasteiger partial charge in [-0.15, -0.1) is 0 Å². The molecule has 0 N–H and O–H groups in total. The molecule has 0 unspecified atom stereocenters. The van der Waals surface area contributed by atoms with Crippen molar-refractivity contribution in [1.82, 2.24) is 19.8 Å². The molecule has 1 atom stereocenters. The Bertz CT molecular complexity index is 808. The molecule has 0 spiro atoms. The molecule has 6 nitrogen and oxygen atoms in total. The van der Waals surface area contributed by atoms with Crippen LogP contribution in [0.5, 0.6) is 0 Å². The summed E-state index contributed by atoms with van der Waals surface area (Å²) < 4.78 is 0. The number of amides is 2. The van der Waals surface area contributed by atoms with Gasteiger partial charge in [0.15, 0.2) is 0 Å². The average Bonchev–Trinajstić information content (AvgIpc) is 3.03. The van der Waals surface area contributed by atoms with Crippen molar-refractivity contribution in [2.24, 2.45) is 0 Å². The van der Waals surface area contributed by atoms with E-state index in [2.05, 4.69) is 9.97 Å². The van der Waals surface area contributed by atoms with Crippen LogP contribution in [0.4, 0.5) is 0 Å². The van der Waals surface area contributed by atoms with Gasteiger partial charge in [-0.1, -0.05) is 18.2 Å². The van der Waals surface area contributed by atoms with Crippen molar-refractivity contribution in [3.63, 3.8) is 0 Å². The van der Waals surface area contributed by atoms with E-state index in [0.717, 1.165) is 36.2 Å². The van der Waals surface area contributed by atoms with Gasteiger partial charge in [0.2, 0.25) is 5.91 Å². The molecule has 0 saturated carbocycles. The first-order valence-corrected chi connectivity index (χ1v) is 9.13. The number of piperidine rings is 1. The molecule has 4 rings (SSSR count). The van der Waals surface area contributed by atoms with Crippen LogP contribution in [-0.2, 0) is 11.3 Å². The van der Waals surface area contributed by atoms with Crippen LogP contribution in [0, 0.1) is 0 Å². The van der Waals surface area contributed by atoms with Gasteiger partial charge in [0, 0.05) is 56.0 Å². The van der Waals surface area contributed by atoms with Gasteiger partial charge in [0.05, 0.1) is 0 Å². The number of aromatic nitrogens is 2. The molecule has 0 aliphatic carbocycles. The quantitative estimate of drug-likeness (QED) is 0.848. The third-order valence-corrected chi connectivity index (χ3v) is 5.29. The molecule has 1 saturated heterocycles. The molecule has 1 aromatic heterocycles. The second-order valence-corrected chi connectivity index (χ2v) is 6.95. The predicted molar refractivity (Wildman–Crippen MR) is 96.4 cm³/mol. The Morgan fingerprint density at radius 1 is 1.23 bits per heavy atom. The fraction of sp³-hybridized carbons (Fsp3) is 0.400. The molecule has 2 aliphatic heterocycles. The first-order valence-electron chi connectivity index (χ1n) is 9.13. The van der Waals surface area contributed by atoms with Crippen LogP contribution in [0.1, 0.15) is 46.8 Å². The van der Waals surface area contributed by atoms with Crippen molar-refractivity contribution in [1.29, 1.82) is 0 Å². The maximum Gasteiger partial charge on any atom is 0.254 e. The van der Waals surface area contributed by atoms with E-state index in [1.807, 2.05) is 35.2 Å². The van der Waals surface area contributed by atoms with E-state index in [1.165, 1.54) is 0 Å². The molecule has 6 heteroatoms. The van der Waals surface area contributed by atoms with E-state index < -0.39 is 0 Å². The molecule has 134 valence electrons. The summed E-state index contributed by atoms with van der Waals surface area (Å²) in [6.45, 7) is 2.56. The summed E-state index contributed by atoms with van der Waals surface area (Å²) in [5.41, 5.74) is 2.82. The third kappa shape index (κ3) is 3.31. The van der Waals surface area contributed by atoms with Crippen molar-refractivity contribution in [2.45, 2.75) is 31.7 Å². The number of carbonyl (C=O) groups is 2. The topological polar surface area (TPSA) is 66.4 Å². The number of benzene rings is 1. The Labute approximate surface area is 152 Å². The Balaban J connectivity index is 1.33. The zero-order valence-electron chi connectivity index (χ0n) is 14.7. The van der Waals surface area contributed by atoms with E-state index in [1.54, 1.807) is 17.4 Å². The minimum Gasteiger partial charge on any atom is -0.342 e. The normalized spacial score (nSPS) is 19.5. The van der Waals surface area contributed by atoms with Crippen molar-refractivity contribution >= 4 is 11.8 Å². The van der Waals surface area contributed by atoms with Crippen molar-refractivity contribution in [3.05, 3.63) is 59.7 Å². The van der Waals surface area contributed by atoms with E-state index >= 15 is 0 Å². The lowest BCUT2D eigenvalue weighted by Crippen LogP contribution is -2.40. The van der Waals surface area contributed by atoms with Gasteiger partial charge < -0.3 is 9.80 Å². The lowest BCUT2D eigenvalue weighted by atomic mass is 9.94. The zero-order chi connectivity index (χ0) is 17.9. The molecule has 2 aliphatic rings. The Morgan fingerprint density at radius 2 is 2.12 bits per heavy atom. The minimum atomic E-state index is 0.0332. The monoisotopic (exact) mass is 350 g/mol. The SMILES string of the molecule is O=C(CCN1Cc2ccccc2C1=O)N1CCC[C@@H](c2ccncn2)C1. The average molecular weight is 350 g/mol. The zero-order valence-corrected chi connectivity index (χ0v) is 14.7. The lowest BCUT2D eigenvalue weighted by Gasteiger charge is -2.33. The molecule has 1 fully saturated rings. The van der Waals surface area contributed by atoms with E-state index in [4.69, 9.17) is 0 Å². The lowest BCUT2D eigenvalue weighted by molar-refractivity contribution is -0.132. The van der Waals surface area contributed by atoms with Crippen LogP contribution < -0.4 is 0 Å². The van der Waals surface area contributed by atoms with Gasteiger partial charge in [-0.25, -0.2) is 9.97 Å². The van der Waals surface area contributed by atoms with Crippen LogP contribution in [0.25, 0.3) is 0 Å². The summed E-state index contributed by atoms with van der Waals surface area (Å²) in [5.74, 6) is 0.423. The summed E-state index contributed by atoms with van der Waals surface area (Å²) in [6, 6.07) is 9.59. The molecule has 2 aromatic rings. The highest BCUT2D eigenvalue weighted by molar-refractivity contribution is 5.98. The summed E-state index contributed by atoms with van der Waals surface area (Å²) in [7, 11) is 0. The number of nitrogens with zero attached hydrogens (tertiary/aromatic N) is 4. The standard InChI is InChI=1S/C20H22N4O2/c25-19(8-11-24-12-15-4-1-2-6-17(15)20(24)26)23-10-3-5-16(13-23)18-7-9-21-14-22-18/h1-2,4,6-7,9,14,16H,3,5,8,10-13H2/t16-/m1/s1. The highest BCUT2D eigenvalue weighted by Gasteiger charge is 2.29. The van der Waals surface area contributed by atoms with Crippen molar-refractivity contribution in [2.75, 3.05) is 19.6 Å². The summed E-state index contributed by atoms with van der Waals surface area (Å²) >= 11 is 0. The molecule has 0 radical (unpaired) electrons. The van der Waals surface area contributed by atoms with E-state index in [9.17, 15) is 9.59 Å². The summed E-state index contributed by atoms with van der Waals surface area (Å²) in [4.78, 5) is 37.1. The number of likely N-dealkylation sites (tertiary alicyclic amines) is 1. The first-order chi connectivity index (χ1) is 12.7. The smallest absolute Gasteiger partial charge is 0.254 e. The molecule has 1 aromatic carbocycles. The van der Waals surface area contributed by atoms with Crippen molar-refractivity contribution < 1.29 is 9.59 Å². The Morgan fingerprint density at radius 3 is 2.92 bits per heavy atom. The maximum absolute atomic E-state index is 12.7. The van der Waals surface area contributed by atoms with Gasteiger partial charge in [-0.2, -0.15) is 0 Å². The van der Waals surface area contributed by atoms with E-state index in [-0.39, 0.29) is 17.7 Å².